The molecule has 3 heterocycles. The summed E-state index contributed by atoms with van der Waals surface area (Å²) in [6.45, 7) is 9.96. The average molecular weight is 752 g/mol. The van der Waals surface area contributed by atoms with Crippen LogP contribution in [0.3, 0.4) is 0 Å². The van der Waals surface area contributed by atoms with Crippen LogP contribution in [-0.2, 0) is 21.1 Å². The van der Waals surface area contributed by atoms with Crippen molar-refractivity contribution in [2.75, 3.05) is 13.1 Å². The van der Waals surface area contributed by atoms with Gasteiger partial charge in [-0.1, -0.05) is 44.9 Å². The first-order chi connectivity index (χ1) is 17.7. The van der Waals surface area contributed by atoms with Crippen LogP contribution in [0.25, 0.3) is 22.6 Å². The quantitative estimate of drug-likeness (QED) is 0.130. The van der Waals surface area contributed by atoms with Gasteiger partial charge >= 0.3 is 54.1 Å². The van der Waals surface area contributed by atoms with Gasteiger partial charge in [0, 0.05) is 31.7 Å². The minimum atomic E-state index is -10.7. The zero-order chi connectivity index (χ0) is 28.1. The fourth-order valence-electron chi connectivity index (χ4n) is 3.09. The van der Waals surface area contributed by atoms with Crippen LogP contribution in [0, 0.1) is 12.7 Å². The Morgan fingerprint density at radius 3 is 1.77 bits per heavy atom. The molecule has 2 aromatic heterocycles. The Labute approximate surface area is 240 Å². The summed E-state index contributed by atoms with van der Waals surface area (Å²) in [5.74, 6) is 0. The Kier molecular flexibility index (Phi) is 13.1. The SMILES string of the molecule is CCCCN1[C]N(CCCC)C=C1.F[P-](F)(F)(F)(F)F.[Pt+2].[c-]1ccccc1-c1cccc(-c2ccccn2)n1. The van der Waals surface area contributed by atoms with E-state index in [9.17, 15) is 25.2 Å². The van der Waals surface area contributed by atoms with E-state index in [-0.39, 0.29) is 21.1 Å². The molecule has 2 radical (unpaired) electrons. The number of hydrogen-bond acceptors (Lipinski definition) is 4. The molecule has 4 rings (SSSR count). The molecule has 0 unspecified atom stereocenters. The van der Waals surface area contributed by atoms with E-state index in [1.807, 2.05) is 60.7 Å². The summed E-state index contributed by atoms with van der Waals surface area (Å²) < 4.78 is 59.2. The minimum absolute atomic E-state index is 0. The molecule has 0 fully saturated rings. The molecule has 0 amide bonds. The third-order valence-corrected chi connectivity index (χ3v) is 4.85. The second kappa shape index (κ2) is 14.8. The summed E-state index contributed by atoms with van der Waals surface area (Å²) in [6.07, 6.45) is 11.0. The van der Waals surface area contributed by atoms with Crippen LogP contribution in [0.1, 0.15) is 39.5 Å². The van der Waals surface area contributed by atoms with Crippen LogP contribution in [0.5, 0.6) is 0 Å². The van der Waals surface area contributed by atoms with Crippen LogP contribution in [-0.4, -0.2) is 32.9 Å². The molecule has 0 saturated carbocycles. The van der Waals surface area contributed by atoms with Crippen molar-refractivity contribution in [3.05, 3.63) is 92.0 Å². The molecule has 39 heavy (non-hydrogen) atoms. The normalized spacial score (nSPS) is 14.2. The maximum absolute atomic E-state index is 10.7. The van der Waals surface area contributed by atoms with Gasteiger partial charge in [0.05, 0.1) is 11.4 Å². The van der Waals surface area contributed by atoms with Gasteiger partial charge in [-0.25, -0.2) is 0 Å². The maximum Gasteiger partial charge on any atom is 2.00 e. The van der Waals surface area contributed by atoms with Crippen molar-refractivity contribution >= 4 is 7.81 Å². The van der Waals surface area contributed by atoms with Crippen molar-refractivity contribution in [3.8, 4) is 22.6 Å². The molecule has 0 aliphatic carbocycles. The van der Waals surface area contributed by atoms with Gasteiger partial charge in [0.15, 0.2) is 0 Å². The number of halogens is 6. The molecule has 3 aromatic rings. The van der Waals surface area contributed by atoms with Crippen molar-refractivity contribution in [2.24, 2.45) is 0 Å². The molecule has 0 atom stereocenters. The average Bonchev–Trinajstić information content (AvgIpc) is 3.33. The van der Waals surface area contributed by atoms with Crippen LogP contribution in [0.2, 0.25) is 0 Å². The van der Waals surface area contributed by atoms with Crippen LogP contribution in [0.4, 0.5) is 25.2 Å². The molecule has 0 N–H and O–H groups in total. The van der Waals surface area contributed by atoms with Gasteiger partial charge < -0.3 is 9.80 Å². The fourth-order valence-corrected chi connectivity index (χ4v) is 3.09. The third-order valence-electron chi connectivity index (χ3n) is 4.85. The first kappa shape index (κ1) is 34.6. The molecule has 1 aromatic carbocycles. The zero-order valence-corrected chi connectivity index (χ0v) is 24.7. The van der Waals surface area contributed by atoms with E-state index in [4.69, 9.17) is 0 Å². The Bertz CT molecular complexity index is 1050. The Morgan fingerprint density at radius 2 is 1.28 bits per heavy atom. The number of aromatic nitrogens is 2. The number of unbranched alkanes of at least 4 members (excludes halogenated alkanes) is 2. The molecule has 0 spiro atoms. The van der Waals surface area contributed by atoms with E-state index in [1.165, 1.54) is 25.7 Å². The molecule has 4 nitrogen and oxygen atoms in total. The summed E-state index contributed by atoms with van der Waals surface area (Å²) in [4.78, 5) is 13.2. The number of hydrogen-bond donors (Lipinski definition) is 0. The van der Waals surface area contributed by atoms with Gasteiger partial charge in [0.2, 0.25) is 6.67 Å². The number of rotatable bonds is 8. The van der Waals surface area contributed by atoms with E-state index in [2.05, 4.69) is 58.8 Å². The number of benzene rings is 1. The van der Waals surface area contributed by atoms with E-state index in [0.29, 0.717) is 0 Å². The van der Waals surface area contributed by atoms with Crippen molar-refractivity contribution in [1.29, 1.82) is 0 Å². The van der Waals surface area contributed by atoms with Gasteiger partial charge in [-0.15, -0.1) is 35.9 Å². The maximum atomic E-state index is 9.87. The summed E-state index contributed by atoms with van der Waals surface area (Å²) >= 11 is 0. The Morgan fingerprint density at radius 1 is 0.744 bits per heavy atom. The van der Waals surface area contributed by atoms with Crippen LogP contribution in [0.15, 0.2) is 79.3 Å². The molecule has 1 aliphatic rings. The molecule has 12 heteroatoms. The van der Waals surface area contributed by atoms with Crippen LogP contribution >= 0.6 is 7.81 Å². The standard InChI is InChI=1S/C16H11N2.C11H20N2.F6P.Pt/c1-2-7-13(8-3-1)14-10-6-11-16(18-14)15-9-4-5-12-17-15;1-3-5-7-12-9-10-13(11-12)8-6-4-2;1-7(2,3,4,5)6;/h1-7,9-12H;9-10H,3-8H2,1-2H3;;/q-1;;-1;+2. The van der Waals surface area contributed by atoms with Gasteiger partial charge in [0.1, 0.15) is 0 Å². The summed E-state index contributed by atoms with van der Waals surface area (Å²) in [5, 5.41) is 0. The second-order valence-electron chi connectivity index (χ2n) is 8.35. The predicted molar refractivity (Wildman–Crippen MR) is 141 cm³/mol. The van der Waals surface area contributed by atoms with Crippen LogP contribution < -0.4 is 0 Å². The fraction of sp³-hybridized carbons (Fsp3) is 0.296. The van der Waals surface area contributed by atoms with E-state index < -0.39 is 7.81 Å². The van der Waals surface area contributed by atoms with Crippen molar-refractivity contribution in [3.63, 3.8) is 0 Å². The monoisotopic (exact) mass is 751 g/mol. The first-order valence-electron chi connectivity index (χ1n) is 12.1. The zero-order valence-electron chi connectivity index (χ0n) is 21.6. The smallest absolute Gasteiger partial charge is 0.295 e. The largest absolute Gasteiger partial charge is 2.00 e. The second-order valence-corrected chi connectivity index (χ2v) is 10.3. The summed E-state index contributed by atoms with van der Waals surface area (Å²) in [5.41, 5.74) is 3.68. The third kappa shape index (κ3) is 17.0. The van der Waals surface area contributed by atoms with Gasteiger partial charge in [-0.2, -0.15) is 0 Å². The number of pyridine rings is 2. The molecule has 0 saturated heterocycles. The number of nitrogens with zero attached hydrogens (tertiary/aromatic N) is 4. The molecular weight excluding hydrogens is 720 g/mol. The Balaban J connectivity index is 0.000000320. The first-order valence-corrected chi connectivity index (χ1v) is 14.2. The molecule has 1 aliphatic heterocycles. The summed E-state index contributed by atoms with van der Waals surface area (Å²) in [6, 6.07) is 22.8. The Hall–Kier alpha value is -2.44. The molecule has 0 bridgehead atoms. The molecular formula is C27H31F6N4PPt. The predicted octanol–water partition coefficient (Wildman–Crippen LogP) is 9.66. The summed E-state index contributed by atoms with van der Waals surface area (Å²) in [7, 11) is -10.7. The van der Waals surface area contributed by atoms with Gasteiger partial charge in [0.25, 0.3) is 0 Å². The van der Waals surface area contributed by atoms with Crippen molar-refractivity contribution in [1.82, 2.24) is 19.8 Å². The van der Waals surface area contributed by atoms with E-state index >= 15 is 0 Å². The topological polar surface area (TPSA) is 32.3 Å². The minimum Gasteiger partial charge on any atom is -0.295 e. The van der Waals surface area contributed by atoms with Gasteiger partial charge in [-0.3, -0.25) is 9.97 Å². The van der Waals surface area contributed by atoms with E-state index in [1.54, 1.807) is 6.20 Å². The van der Waals surface area contributed by atoms with E-state index in [0.717, 1.165) is 35.7 Å². The van der Waals surface area contributed by atoms with Gasteiger partial charge in [-0.05, 0) is 36.7 Å². The van der Waals surface area contributed by atoms with Crippen molar-refractivity contribution in [2.45, 2.75) is 39.5 Å². The molecule has 216 valence electrons. The van der Waals surface area contributed by atoms with Crippen molar-refractivity contribution < 1.29 is 46.2 Å².